The molecule has 0 unspecified atom stereocenters. The highest BCUT2D eigenvalue weighted by Crippen LogP contribution is 2.29. The zero-order chi connectivity index (χ0) is 14.0. The molecule has 1 aliphatic rings. The number of nitrogens with zero attached hydrogens (tertiary/aromatic N) is 2. The molecule has 2 rings (SSSR count). The summed E-state index contributed by atoms with van der Waals surface area (Å²) in [5.41, 5.74) is 0.326. The number of rotatable bonds is 5. The van der Waals surface area contributed by atoms with Gasteiger partial charge in [0.25, 0.3) is 5.91 Å². The number of hydrogen-bond donors (Lipinski definition) is 1. The van der Waals surface area contributed by atoms with Crippen molar-refractivity contribution in [2.45, 2.75) is 25.3 Å². The van der Waals surface area contributed by atoms with Gasteiger partial charge in [0.1, 0.15) is 5.15 Å². The summed E-state index contributed by atoms with van der Waals surface area (Å²) in [4.78, 5) is 28.3. The normalized spacial score (nSPS) is 14.2. The lowest BCUT2D eigenvalue weighted by atomic mass is 10.2. The van der Waals surface area contributed by atoms with Crippen molar-refractivity contribution in [2.75, 3.05) is 6.54 Å². The van der Waals surface area contributed by atoms with E-state index < -0.39 is 5.97 Å². The van der Waals surface area contributed by atoms with Gasteiger partial charge in [0, 0.05) is 18.8 Å². The van der Waals surface area contributed by atoms with Crippen LogP contribution in [0.25, 0.3) is 0 Å². The molecule has 1 aromatic rings. The van der Waals surface area contributed by atoms with Gasteiger partial charge in [-0.25, -0.2) is 4.98 Å². The first-order valence-electron chi connectivity index (χ1n) is 5.83. The van der Waals surface area contributed by atoms with Crippen LogP contribution < -0.4 is 0 Å². The molecule has 19 heavy (non-hydrogen) atoms. The van der Waals surface area contributed by atoms with Gasteiger partial charge in [0.15, 0.2) is 0 Å². The summed E-state index contributed by atoms with van der Waals surface area (Å²) in [5, 5.41) is 9.06. The number of carbonyl (C=O) groups is 2. The lowest BCUT2D eigenvalue weighted by Crippen LogP contribution is -2.35. The van der Waals surface area contributed by atoms with Gasteiger partial charge in [0.2, 0.25) is 0 Å². The lowest BCUT2D eigenvalue weighted by Gasteiger charge is -2.21. The van der Waals surface area contributed by atoms with E-state index in [1.807, 2.05) is 0 Å². The third kappa shape index (κ3) is 3.58. The number of aromatic nitrogens is 1. The van der Waals surface area contributed by atoms with Gasteiger partial charge in [-0.15, -0.1) is 0 Å². The van der Waals surface area contributed by atoms with Crippen molar-refractivity contribution >= 4 is 35.1 Å². The minimum absolute atomic E-state index is 0.0724. The van der Waals surface area contributed by atoms with E-state index in [9.17, 15) is 9.59 Å². The van der Waals surface area contributed by atoms with Crippen LogP contribution >= 0.6 is 23.2 Å². The second-order valence-corrected chi connectivity index (χ2v) is 5.14. The molecule has 0 aromatic carbocycles. The molecular formula is C12H12Cl2N2O3. The number of amides is 1. The van der Waals surface area contributed by atoms with E-state index in [2.05, 4.69) is 4.98 Å². The summed E-state index contributed by atoms with van der Waals surface area (Å²) in [7, 11) is 0. The fourth-order valence-corrected chi connectivity index (χ4v) is 2.03. The number of hydrogen-bond acceptors (Lipinski definition) is 3. The molecule has 1 saturated carbocycles. The highest BCUT2D eigenvalue weighted by atomic mass is 35.5. The number of carbonyl (C=O) groups excluding carboxylic acids is 1. The number of carboxylic acids is 1. The maximum Gasteiger partial charge on any atom is 0.305 e. The smallest absolute Gasteiger partial charge is 0.305 e. The van der Waals surface area contributed by atoms with Crippen LogP contribution in [0.2, 0.25) is 10.2 Å². The van der Waals surface area contributed by atoms with Crippen molar-refractivity contribution in [3.8, 4) is 0 Å². The molecule has 0 atom stereocenters. The van der Waals surface area contributed by atoms with Gasteiger partial charge in [-0.2, -0.15) is 0 Å². The minimum atomic E-state index is -0.925. The average molecular weight is 303 g/mol. The maximum atomic E-state index is 12.3. The van der Waals surface area contributed by atoms with Crippen molar-refractivity contribution in [3.63, 3.8) is 0 Å². The Hall–Kier alpha value is -1.33. The Labute approximate surface area is 120 Å². The van der Waals surface area contributed by atoms with Gasteiger partial charge < -0.3 is 10.0 Å². The van der Waals surface area contributed by atoms with Crippen LogP contribution in [0.1, 0.15) is 29.6 Å². The van der Waals surface area contributed by atoms with E-state index in [4.69, 9.17) is 28.3 Å². The van der Waals surface area contributed by atoms with E-state index in [0.29, 0.717) is 5.56 Å². The molecule has 1 amide bonds. The molecule has 0 aliphatic heterocycles. The highest BCUT2D eigenvalue weighted by molar-refractivity contribution is 6.41. The molecule has 1 aliphatic carbocycles. The SMILES string of the molecule is O=C(O)CCN(C(=O)c1cnc(Cl)c(Cl)c1)C1CC1. The quantitative estimate of drug-likeness (QED) is 0.848. The van der Waals surface area contributed by atoms with Gasteiger partial charge in [0.05, 0.1) is 17.0 Å². The first kappa shape index (κ1) is 14.1. The van der Waals surface area contributed by atoms with E-state index in [1.54, 1.807) is 4.90 Å². The Morgan fingerprint density at radius 1 is 1.42 bits per heavy atom. The van der Waals surface area contributed by atoms with Gasteiger partial charge in [-0.05, 0) is 18.9 Å². The fraction of sp³-hybridized carbons (Fsp3) is 0.417. The second-order valence-electron chi connectivity index (χ2n) is 4.37. The van der Waals surface area contributed by atoms with Crippen LogP contribution in [0.5, 0.6) is 0 Å². The summed E-state index contributed by atoms with van der Waals surface area (Å²) in [6, 6.07) is 1.58. The second kappa shape index (κ2) is 5.75. The minimum Gasteiger partial charge on any atom is -0.481 e. The van der Waals surface area contributed by atoms with Crippen LogP contribution in [0.4, 0.5) is 0 Å². The van der Waals surface area contributed by atoms with Crippen LogP contribution in [-0.2, 0) is 4.79 Å². The Morgan fingerprint density at radius 2 is 2.11 bits per heavy atom. The van der Waals surface area contributed by atoms with Crippen LogP contribution in [-0.4, -0.2) is 39.5 Å². The van der Waals surface area contributed by atoms with Crippen LogP contribution in [0.3, 0.4) is 0 Å². The van der Waals surface area contributed by atoms with E-state index in [1.165, 1.54) is 12.3 Å². The van der Waals surface area contributed by atoms with Crippen molar-refractivity contribution in [2.24, 2.45) is 0 Å². The first-order valence-corrected chi connectivity index (χ1v) is 6.58. The van der Waals surface area contributed by atoms with Crippen molar-refractivity contribution < 1.29 is 14.7 Å². The topological polar surface area (TPSA) is 70.5 Å². The predicted molar refractivity (Wildman–Crippen MR) is 70.6 cm³/mol. The highest BCUT2D eigenvalue weighted by Gasteiger charge is 2.33. The fourth-order valence-electron chi connectivity index (χ4n) is 1.76. The van der Waals surface area contributed by atoms with Crippen molar-refractivity contribution in [1.82, 2.24) is 9.88 Å². The molecule has 102 valence electrons. The van der Waals surface area contributed by atoms with Crippen molar-refractivity contribution in [3.05, 3.63) is 28.0 Å². The zero-order valence-electron chi connectivity index (χ0n) is 9.97. The number of aliphatic carboxylic acids is 1. The molecule has 5 nitrogen and oxygen atoms in total. The van der Waals surface area contributed by atoms with Gasteiger partial charge in [-0.1, -0.05) is 23.2 Å². The molecule has 7 heteroatoms. The van der Waals surface area contributed by atoms with E-state index in [-0.39, 0.29) is 35.1 Å². The summed E-state index contributed by atoms with van der Waals surface area (Å²) < 4.78 is 0. The molecule has 1 fully saturated rings. The third-order valence-corrected chi connectivity index (χ3v) is 3.54. The Bertz CT molecular complexity index is 518. The zero-order valence-corrected chi connectivity index (χ0v) is 11.5. The monoisotopic (exact) mass is 302 g/mol. The largest absolute Gasteiger partial charge is 0.481 e. The molecule has 0 saturated heterocycles. The molecule has 1 aromatic heterocycles. The summed E-state index contributed by atoms with van der Waals surface area (Å²) in [6.07, 6.45) is 3.09. The third-order valence-electron chi connectivity index (χ3n) is 2.86. The standard InChI is InChI=1S/C12H12Cl2N2O3/c13-9-5-7(6-15-11(9)14)12(19)16(8-1-2-8)4-3-10(17)18/h5-6,8H,1-4H2,(H,17,18). The van der Waals surface area contributed by atoms with Crippen molar-refractivity contribution in [1.29, 1.82) is 0 Å². The average Bonchev–Trinajstić information content (AvgIpc) is 3.16. The Kier molecular flexibility index (Phi) is 4.27. The maximum absolute atomic E-state index is 12.3. The molecule has 0 bridgehead atoms. The first-order chi connectivity index (χ1) is 8.99. The lowest BCUT2D eigenvalue weighted by molar-refractivity contribution is -0.137. The molecule has 1 heterocycles. The molecule has 1 N–H and O–H groups in total. The molecular weight excluding hydrogens is 291 g/mol. The molecule has 0 spiro atoms. The van der Waals surface area contributed by atoms with Gasteiger partial charge >= 0.3 is 5.97 Å². The summed E-state index contributed by atoms with van der Waals surface area (Å²) in [5.74, 6) is -1.18. The van der Waals surface area contributed by atoms with Crippen LogP contribution in [0.15, 0.2) is 12.3 Å². The number of pyridine rings is 1. The van der Waals surface area contributed by atoms with E-state index in [0.717, 1.165) is 12.8 Å². The number of halogens is 2. The summed E-state index contributed by atoms with van der Waals surface area (Å²) >= 11 is 11.5. The predicted octanol–water partition coefficient (Wildman–Crippen LogP) is 2.47. The van der Waals surface area contributed by atoms with Crippen LogP contribution in [0, 0.1) is 0 Å². The summed E-state index contributed by atoms with van der Waals surface area (Å²) in [6.45, 7) is 0.194. The molecule has 0 radical (unpaired) electrons. The van der Waals surface area contributed by atoms with Gasteiger partial charge in [-0.3, -0.25) is 9.59 Å². The Balaban J connectivity index is 2.14. The Morgan fingerprint density at radius 3 is 2.63 bits per heavy atom. The number of carboxylic acid groups (broad SMARTS) is 1. The van der Waals surface area contributed by atoms with E-state index >= 15 is 0 Å².